The predicted octanol–water partition coefficient (Wildman–Crippen LogP) is 0.329. The van der Waals surface area contributed by atoms with Crippen molar-refractivity contribution >= 4 is 24.0 Å². The number of fused-ring (bicyclic) bond motifs is 1. The first-order chi connectivity index (χ1) is 5.27. The molecule has 3 N–H and O–H groups in total. The van der Waals surface area contributed by atoms with Crippen molar-refractivity contribution in [3.8, 4) is 0 Å². The second-order valence-electron chi connectivity index (χ2n) is 2.46. The number of carbonyl (C=O) groups excluding carboxylic acids is 1. The summed E-state index contributed by atoms with van der Waals surface area (Å²) in [4.78, 5) is 14.9. The number of nitrogens with one attached hydrogen (secondary N) is 1. The highest BCUT2D eigenvalue weighted by atomic mass is 35.5. The number of nitrogens with zero attached hydrogens (tertiary/aromatic N) is 1. The van der Waals surface area contributed by atoms with Crippen molar-refractivity contribution in [3.63, 3.8) is 0 Å². The lowest BCUT2D eigenvalue weighted by Gasteiger charge is -1.94. The molecule has 0 bridgehead atoms. The number of amides is 1. The largest absolute Gasteiger partial charge is 0.397 e. The number of nitrogen functional groups attached to an aromatic ring is 1. The van der Waals surface area contributed by atoms with Crippen LogP contribution in [0.25, 0.3) is 0 Å². The molecule has 64 valence electrons. The quantitative estimate of drug-likeness (QED) is 0.612. The first-order valence-corrected chi connectivity index (χ1v) is 3.30. The van der Waals surface area contributed by atoms with E-state index in [2.05, 4.69) is 10.3 Å². The molecule has 0 spiro atoms. The highest BCUT2D eigenvalue weighted by molar-refractivity contribution is 5.96. The molecule has 1 amide bonds. The van der Waals surface area contributed by atoms with Gasteiger partial charge in [0.15, 0.2) is 0 Å². The summed E-state index contributed by atoms with van der Waals surface area (Å²) in [6, 6.07) is 1.76. The van der Waals surface area contributed by atoms with Crippen LogP contribution in [0.4, 0.5) is 5.69 Å². The number of pyridine rings is 1. The molecule has 0 saturated heterocycles. The van der Waals surface area contributed by atoms with Gasteiger partial charge < -0.3 is 11.1 Å². The van der Waals surface area contributed by atoms with E-state index in [9.17, 15) is 4.79 Å². The van der Waals surface area contributed by atoms with Crippen molar-refractivity contribution < 1.29 is 4.79 Å². The number of aromatic nitrogens is 1. The molecule has 0 saturated carbocycles. The van der Waals surface area contributed by atoms with Crippen molar-refractivity contribution in [3.05, 3.63) is 23.5 Å². The fraction of sp³-hybridized carbons (Fsp3) is 0.143. The van der Waals surface area contributed by atoms with Gasteiger partial charge in [-0.05, 0) is 6.07 Å². The van der Waals surface area contributed by atoms with E-state index in [0.717, 1.165) is 5.56 Å². The Morgan fingerprint density at radius 3 is 3.08 bits per heavy atom. The Balaban J connectivity index is 0.000000720. The molecule has 1 aromatic rings. The Bertz CT molecular complexity index is 326. The van der Waals surface area contributed by atoms with Crippen molar-refractivity contribution in [2.24, 2.45) is 0 Å². The molecule has 5 heteroatoms. The van der Waals surface area contributed by atoms with Gasteiger partial charge in [0, 0.05) is 12.1 Å². The van der Waals surface area contributed by atoms with Crippen molar-refractivity contribution in [2.75, 3.05) is 5.73 Å². The summed E-state index contributed by atoms with van der Waals surface area (Å²) >= 11 is 0. The summed E-state index contributed by atoms with van der Waals surface area (Å²) in [5.74, 6) is -0.111. The summed E-state index contributed by atoms with van der Waals surface area (Å²) in [6.07, 6.45) is 1.49. The van der Waals surface area contributed by atoms with Gasteiger partial charge in [0.05, 0.1) is 11.9 Å². The number of rotatable bonds is 0. The molecule has 1 aromatic heterocycles. The second-order valence-corrected chi connectivity index (χ2v) is 2.46. The fourth-order valence-corrected chi connectivity index (χ4v) is 1.13. The van der Waals surface area contributed by atoms with Gasteiger partial charge in [0.25, 0.3) is 5.91 Å². The topological polar surface area (TPSA) is 68.0 Å². The molecule has 4 nitrogen and oxygen atoms in total. The van der Waals surface area contributed by atoms with Crippen LogP contribution >= 0.6 is 12.4 Å². The maximum absolute atomic E-state index is 11.0. The molecule has 2 rings (SSSR count). The fourth-order valence-electron chi connectivity index (χ4n) is 1.13. The molecule has 1 aliphatic heterocycles. The highest BCUT2D eigenvalue weighted by Crippen LogP contribution is 2.14. The van der Waals surface area contributed by atoms with E-state index in [-0.39, 0.29) is 18.3 Å². The molecule has 0 aromatic carbocycles. The number of nitrogens with two attached hydrogens (primary N) is 1. The third-order valence-electron chi connectivity index (χ3n) is 1.64. The van der Waals surface area contributed by atoms with Crippen molar-refractivity contribution in [2.45, 2.75) is 6.54 Å². The Labute approximate surface area is 75.6 Å². The Kier molecular flexibility index (Phi) is 2.19. The smallest absolute Gasteiger partial charge is 0.270 e. The number of halogens is 1. The van der Waals surface area contributed by atoms with E-state index < -0.39 is 0 Å². The van der Waals surface area contributed by atoms with Crippen LogP contribution in [0, 0.1) is 0 Å². The van der Waals surface area contributed by atoms with Crippen LogP contribution in [0.3, 0.4) is 0 Å². The van der Waals surface area contributed by atoms with E-state index >= 15 is 0 Å². The Hall–Kier alpha value is -1.29. The third kappa shape index (κ3) is 1.21. The van der Waals surface area contributed by atoms with E-state index in [4.69, 9.17) is 5.73 Å². The van der Waals surface area contributed by atoms with Crippen LogP contribution in [0.1, 0.15) is 16.1 Å². The number of hydrogen-bond donors (Lipinski definition) is 2. The second kappa shape index (κ2) is 2.98. The molecule has 12 heavy (non-hydrogen) atoms. The first-order valence-electron chi connectivity index (χ1n) is 3.30. The standard InChI is InChI=1S/C7H7N3O.ClH/c8-5-1-4-2-10-7(11)6(4)9-3-5;/h1,3H,2,8H2,(H,10,11);1H. The summed E-state index contributed by atoms with van der Waals surface area (Å²) in [5.41, 5.74) is 7.46. The van der Waals surface area contributed by atoms with E-state index in [1.807, 2.05) is 0 Å². The number of hydrogen-bond acceptors (Lipinski definition) is 3. The van der Waals surface area contributed by atoms with E-state index in [1.54, 1.807) is 6.07 Å². The highest BCUT2D eigenvalue weighted by Gasteiger charge is 2.19. The SMILES string of the molecule is Cl.Nc1cnc2c(c1)CNC2=O. The minimum absolute atomic E-state index is 0. The zero-order valence-corrected chi connectivity index (χ0v) is 7.02. The van der Waals surface area contributed by atoms with Crippen LogP contribution in [0.5, 0.6) is 0 Å². The number of anilines is 1. The lowest BCUT2D eigenvalue weighted by Crippen LogP contribution is -2.13. The van der Waals surface area contributed by atoms with Gasteiger partial charge in [-0.25, -0.2) is 4.98 Å². The maximum Gasteiger partial charge on any atom is 0.270 e. The third-order valence-corrected chi connectivity index (χ3v) is 1.64. The average Bonchev–Trinajstić information content (AvgIpc) is 2.32. The molecule has 0 atom stereocenters. The molecule has 0 radical (unpaired) electrons. The molecule has 0 aliphatic carbocycles. The molecule has 1 aliphatic rings. The van der Waals surface area contributed by atoms with Gasteiger partial charge in [-0.3, -0.25) is 4.79 Å². The van der Waals surface area contributed by atoms with E-state index in [1.165, 1.54) is 6.20 Å². The van der Waals surface area contributed by atoms with Gasteiger partial charge in [-0.15, -0.1) is 12.4 Å². The minimum Gasteiger partial charge on any atom is -0.397 e. The van der Waals surface area contributed by atoms with Gasteiger partial charge >= 0.3 is 0 Å². The lowest BCUT2D eigenvalue weighted by molar-refractivity contribution is 0.0961. The molecule has 0 fully saturated rings. The molecular weight excluding hydrogens is 178 g/mol. The van der Waals surface area contributed by atoms with Crippen LogP contribution in [0.15, 0.2) is 12.3 Å². The Morgan fingerprint density at radius 2 is 2.33 bits per heavy atom. The van der Waals surface area contributed by atoms with Crippen LogP contribution in [0.2, 0.25) is 0 Å². The van der Waals surface area contributed by atoms with Gasteiger partial charge in [-0.1, -0.05) is 0 Å². The van der Waals surface area contributed by atoms with E-state index in [0.29, 0.717) is 17.9 Å². The van der Waals surface area contributed by atoms with Gasteiger partial charge in [-0.2, -0.15) is 0 Å². The molecule has 2 heterocycles. The van der Waals surface area contributed by atoms with Gasteiger partial charge in [0.1, 0.15) is 5.69 Å². The van der Waals surface area contributed by atoms with Crippen LogP contribution in [-0.2, 0) is 6.54 Å². The molecule has 0 unspecified atom stereocenters. The summed E-state index contributed by atoms with van der Waals surface area (Å²) in [7, 11) is 0. The maximum atomic E-state index is 11.0. The number of carbonyl (C=O) groups is 1. The van der Waals surface area contributed by atoms with Crippen molar-refractivity contribution in [1.29, 1.82) is 0 Å². The lowest BCUT2D eigenvalue weighted by atomic mass is 10.2. The average molecular weight is 186 g/mol. The summed E-state index contributed by atoms with van der Waals surface area (Å²) in [5, 5.41) is 2.66. The van der Waals surface area contributed by atoms with Gasteiger partial charge in [0.2, 0.25) is 0 Å². The minimum atomic E-state index is -0.111. The molecular formula is C7H8ClN3O. The monoisotopic (exact) mass is 185 g/mol. The normalized spacial score (nSPS) is 13.2. The van der Waals surface area contributed by atoms with Crippen LogP contribution in [-0.4, -0.2) is 10.9 Å². The summed E-state index contributed by atoms with van der Waals surface area (Å²) < 4.78 is 0. The van der Waals surface area contributed by atoms with Crippen molar-refractivity contribution in [1.82, 2.24) is 10.3 Å². The zero-order chi connectivity index (χ0) is 7.84. The first kappa shape index (κ1) is 8.80. The predicted molar refractivity (Wildman–Crippen MR) is 47.1 cm³/mol. The Morgan fingerprint density at radius 1 is 1.58 bits per heavy atom. The van der Waals surface area contributed by atoms with Crippen LogP contribution < -0.4 is 11.1 Å². The summed E-state index contributed by atoms with van der Waals surface area (Å²) in [6.45, 7) is 0.548. The zero-order valence-electron chi connectivity index (χ0n) is 6.20.